The minimum Gasteiger partial charge on any atom is -0.463 e. The lowest BCUT2D eigenvalue weighted by Crippen LogP contribution is -2.64. The van der Waals surface area contributed by atoms with E-state index in [1.165, 1.54) is 19.1 Å². The number of ether oxygens (including phenoxy) is 9. The van der Waals surface area contributed by atoms with Gasteiger partial charge in [0.1, 0.15) is 32.2 Å². The third-order valence-corrected chi connectivity index (χ3v) is 7.40. The lowest BCUT2D eigenvalue weighted by molar-refractivity contribution is -0.336. The molecule has 0 aliphatic carbocycles. The molecule has 2 fully saturated rings. The fourth-order valence-electron chi connectivity index (χ4n) is 5.45. The first-order valence-corrected chi connectivity index (χ1v) is 15.1. The van der Waals surface area contributed by atoms with E-state index >= 15 is 0 Å². The van der Waals surface area contributed by atoms with Crippen molar-refractivity contribution in [3.05, 3.63) is 35.4 Å². The van der Waals surface area contributed by atoms with Crippen LogP contribution in [-0.4, -0.2) is 116 Å². The molecule has 0 aromatic heterocycles. The highest BCUT2D eigenvalue weighted by molar-refractivity contribution is 6.21. The average molecular weight is 680 g/mol. The molecule has 3 heterocycles. The van der Waals surface area contributed by atoms with Gasteiger partial charge in [0, 0.05) is 41.0 Å². The molecule has 48 heavy (non-hydrogen) atoms. The highest BCUT2D eigenvalue weighted by Gasteiger charge is 2.54. The number of esters is 5. The molecule has 0 bridgehead atoms. The molecule has 0 radical (unpaired) electrons. The zero-order chi connectivity index (χ0) is 35.1. The molecule has 3 aliphatic heterocycles. The van der Waals surface area contributed by atoms with Gasteiger partial charge in [0.2, 0.25) is 0 Å². The van der Waals surface area contributed by atoms with Crippen LogP contribution in [0, 0.1) is 0 Å². The molecule has 262 valence electrons. The van der Waals surface area contributed by atoms with Crippen LogP contribution in [0.5, 0.6) is 0 Å². The average Bonchev–Trinajstić information content (AvgIpc) is 3.25. The number of imide groups is 1. The lowest BCUT2D eigenvalue weighted by atomic mass is 9.97. The van der Waals surface area contributed by atoms with Crippen LogP contribution in [0.4, 0.5) is 0 Å². The minimum atomic E-state index is -1.50. The normalized spacial score (nSPS) is 28.2. The molecule has 1 aromatic carbocycles. The highest BCUT2D eigenvalue weighted by Crippen LogP contribution is 2.33. The standard InChI is InChI=1S/C31H37NO16/c1-15(33)40-12-23-22(10-11-25(46-23)42-14-32-29(38)20-8-6-7-9-21(20)30(32)39)47-31-28(45-19(5)37)27(44-18(4)36)26(43-17(3)35)24(48-31)13-41-16(2)34/h6-9,22-28,31H,10-14H2,1-5H3/t22-,23+,24+,25-,26-,27-,28+,31+/m0/s1. The number of hydrogen-bond donors (Lipinski definition) is 0. The summed E-state index contributed by atoms with van der Waals surface area (Å²) in [6.45, 7) is 4.43. The van der Waals surface area contributed by atoms with Gasteiger partial charge in [-0.3, -0.25) is 33.6 Å². The van der Waals surface area contributed by atoms with Crippen molar-refractivity contribution >= 4 is 41.7 Å². The summed E-state index contributed by atoms with van der Waals surface area (Å²) in [4.78, 5) is 86.1. The van der Waals surface area contributed by atoms with Crippen molar-refractivity contribution in [1.82, 2.24) is 4.90 Å². The lowest BCUT2D eigenvalue weighted by Gasteiger charge is -2.46. The van der Waals surface area contributed by atoms with Crippen LogP contribution in [0.2, 0.25) is 0 Å². The van der Waals surface area contributed by atoms with Crippen LogP contribution in [0.25, 0.3) is 0 Å². The summed E-state index contributed by atoms with van der Waals surface area (Å²) in [5.74, 6) is -4.76. The summed E-state index contributed by atoms with van der Waals surface area (Å²) in [7, 11) is 0. The Labute approximate surface area is 274 Å². The van der Waals surface area contributed by atoms with Gasteiger partial charge in [-0.05, 0) is 18.6 Å². The van der Waals surface area contributed by atoms with Gasteiger partial charge in [-0.2, -0.15) is 0 Å². The SMILES string of the molecule is CC(=O)OC[C@H]1O[C@@H](O[C@H]2CC[C@@H](OCN3C(=O)c4ccccc4C3=O)O[C@@H]2COC(C)=O)[C@H](OC(C)=O)[C@@H](OC(C)=O)[C@H]1OC(C)=O. The molecular weight excluding hydrogens is 642 g/mol. The van der Waals surface area contributed by atoms with Gasteiger partial charge in [0.15, 0.2) is 30.9 Å². The Kier molecular flexibility index (Phi) is 12.2. The van der Waals surface area contributed by atoms with Gasteiger partial charge in [-0.25, -0.2) is 4.90 Å². The number of rotatable bonds is 12. The van der Waals surface area contributed by atoms with Crippen LogP contribution >= 0.6 is 0 Å². The van der Waals surface area contributed by atoms with Gasteiger partial charge in [-0.15, -0.1) is 0 Å². The Hall–Kier alpha value is -4.45. The van der Waals surface area contributed by atoms with Gasteiger partial charge in [0.25, 0.3) is 11.8 Å². The van der Waals surface area contributed by atoms with E-state index in [4.69, 9.17) is 42.6 Å². The highest BCUT2D eigenvalue weighted by atomic mass is 16.8. The van der Waals surface area contributed by atoms with E-state index in [-0.39, 0.29) is 30.6 Å². The second-order valence-corrected chi connectivity index (χ2v) is 11.1. The third-order valence-electron chi connectivity index (χ3n) is 7.40. The molecule has 0 N–H and O–H groups in total. The van der Waals surface area contributed by atoms with Crippen LogP contribution in [0.1, 0.15) is 68.2 Å². The number of carbonyl (C=O) groups excluding carboxylic acids is 7. The fourth-order valence-corrected chi connectivity index (χ4v) is 5.45. The van der Waals surface area contributed by atoms with Gasteiger partial charge in [-0.1, -0.05) is 12.1 Å². The van der Waals surface area contributed by atoms with E-state index in [1.54, 1.807) is 12.1 Å². The molecule has 0 spiro atoms. The first-order valence-electron chi connectivity index (χ1n) is 15.1. The van der Waals surface area contributed by atoms with Crippen molar-refractivity contribution < 1.29 is 76.2 Å². The topological polar surface area (TPSA) is 206 Å². The second kappa shape index (κ2) is 16.1. The van der Waals surface area contributed by atoms with Crippen molar-refractivity contribution in [3.8, 4) is 0 Å². The van der Waals surface area contributed by atoms with Crippen molar-refractivity contribution in [2.75, 3.05) is 19.9 Å². The molecule has 3 aliphatic rings. The van der Waals surface area contributed by atoms with E-state index in [0.29, 0.717) is 0 Å². The Balaban J connectivity index is 1.53. The Bertz CT molecular complexity index is 1380. The van der Waals surface area contributed by atoms with Gasteiger partial charge in [0.05, 0.1) is 17.2 Å². The largest absolute Gasteiger partial charge is 0.463 e. The van der Waals surface area contributed by atoms with Crippen LogP contribution in [0.15, 0.2) is 24.3 Å². The minimum absolute atomic E-state index is 0.162. The van der Waals surface area contributed by atoms with Gasteiger partial charge < -0.3 is 42.6 Å². The summed E-state index contributed by atoms with van der Waals surface area (Å²) in [5.41, 5.74) is 0.503. The summed E-state index contributed by atoms with van der Waals surface area (Å²) in [5, 5.41) is 0. The molecule has 2 saturated heterocycles. The zero-order valence-electron chi connectivity index (χ0n) is 26.9. The zero-order valence-corrected chi connectivity index (χ0v) is 26.9. The Morgan fingerprint density at radius 3 is 1.75 bits per heavy atom. The number of amides is 2. The van der Waals surface area contributed by atoms with E-state index < -0.39 is 104 Å². The molecule has 4 rings (SSSR count). The second-order valence-electron chi connectivity index (χ2n) is 11.1. The first-order chi connectivity index (χ1) is 22.7. The van der Waals surface area contributed by atoms with Crippen molar-refractivity contribution in [1.29, 1.82) is 0 Å². The molecule has 8 atom stereocenters. The van der Waals surface area contributed by atoms with E-state index in [9.17, 15) is 33.6 Å². The first kappa shape index (κ1) is 36.4. The molecule has 17 nitrogen and oxygen atoms in total. The van der Waals surface area contributed by atoms with E-state index in [1.807, 2.05) is 0 Å². The predicted octanol–water partition coefficient (Wildman–Crippen LogP) is 0.793. The molecular formula is C31H37NO16. The van der Waals surface area contributed by atoms with Gasteiger partial charge >= 0.3 is 29.8 Å². The summed E-state index contributed by atoms with van der Waals surface area (Å²) < 4.78 is 50.6. The number of fused-ring (bicyclic) bond motifs is 1. The maximum Gasteiger partial charge on any atom is 0.303 e. The van der Waals surface area contributed by atoms with Crippen molar-refractivity contribution in [3.63, 3.8) is 0 Å². The van der Waals surface area contributed by atoms with E-state index in [2.05, 4.69) is 0 Å². The maximum absolute atomic E-state index is 12.8. The Morgan fingerprint density at radius 2 is 1.21 bits per heavy atom. The predicted molar refractivity (Wildman–Crippen MR) is 154 cm³/mol. The van der Waals surface area contributed by atoms with Crippen LogP contribution in [0.3, 0.4) is 0 Å². The third kappa shape index (κ3) is 9.12. The number of hydrogen-bond acceptors (Lipinski definition) is 16. The smallest absolute Gasteiger partial charge is 0.303 e. The summed E-state index contributed by atoms with van der Waals surface area (Å²) in [6, 6.07) is 6.36. The summed E-state index contributed by atoms with van der Waals surface area (Å²) >= 11 is 0. The van der Waals surface area contributed by atoms with Crippen LogP contribution < -0.4 is 0 Å². The monoisotopic (exact) mass is 679 g/mol. The van der Waals surface area contributed by atoms with Crippen molar-refractivity contribution in [2.24, 2.45) is 0 Å². The summed E-state index contributed by atoms with van der Waals surface area (Å²) in [6.07, 6.45) is -9.64. The van der Waals surface area contributed by atoms with Crippen molar-refractivity contribution in [2.45, 2.75) is 96.7 Å². The molecule has 0 unspecified atom stereocenters. The van der Waals surface area contributed by atoms with Crippen LogP contribution in [-0.2, 0) is 66.6 Å². The quantitative estimate of drug-likeness (QED) is 0.170. The Morgan fingerprint density at radius 1 is 0.688 bits per heavy atom. The molecule has 0 saturated carbocycles. The molecule has 2 amide bonds. The fraction of sp³-hybridized carbons (Fsp3) is 0.581. The molecule has 17 heteroatoms. The number of carbonyl (C=O) groups is 7. The number of benzene rings is 1. The van der Waals surface area contributed by atoms with E-state index in [0.717, 1.165) is 32.6 Å². The number of nitrogens with zero attached hydrogens (tertiary/aromatic N) is 1. The molecule has 1 aromatic rings. The maximum atomic E-state index is 12.8.